The van der Waals surface area contributed by atoms with E-state index in [0.29, 0.717) is 19.3 Å². The molecule has 0 aliphatic heterocycles. The molecule has 0 aromatic heterocycles. The van der Waals surface area contributed by atoms with Crippen LogP contribution in [0.1, 0.15) is 284 Å². The summed E-state index contributed by atoms with van der Waals surface area (Å²) < 4.78 is 16.8. The van der Waals surface area contributed by atoms with Crippen molar-refractivity contribution in [1.82, 2.24) is 0 Å². The molecule has 0 rings (SSSR count). The zero-order valence-electron chi connectivity index (χ0n) is 43.7. The molecule has 0 N–H and O–H groups in total. The molecule has 0 heterocycles. The van der Waals surface area contributed by atoms with E-state index < -0.39 is 6.10 Å². The summed E-state index contributed by atoms with van der Waals surface area (Å²) >= 11 is 0. The second kappa shape index (κ2) is 54.7. The molecule has 0 amide bonds. The molecule has 6 heteroatoms. The highest BCUT2D eigenvalue weighted by molar-refractivity contribution is 5.71. The smallest absolute Gasteiger partial charge is 0.306 e. The van der Waals surface area contributed by atoms with E-state index in [1.807, 2.05) is 0 Å². The lowest BCUT2D eigenvalue weighted by Gasteiger charge is -2.18. The topological polar surface area (TPSA) is 78.9 Å². The van der Waals surface area contributed by atoms with Crippen LogP contribution < -0.4 is 0 Å². The van der Waals surface area contributed by atoms with Crippen LogP contribution in [0, 0.1) is 0 Å². The number of carbonyl (C=O) groups is 3. The molecule has 0 aliphatic rings. The fraction of sp³-hybridized carbons (Fsp3) is 0.783. The van der Waals surface area contributed by atoms with Gasteiger partial charge in [-0.25, -0.2) is 0 Å². The van der Waals surface area contributed by atoms with Crippen LogP contribution in [-0.4, -0.2) is 37.2 Å². The van der Waals surface area contributed by atoms with Gasteiger partial charge < -0.3 is 14.2 Å². The summed E-state index contributed by atoms with van der Waals surface area (Å²) in [5.74, 6) is -0.880. The molecule has 0 aliphatic carbocycles. The zero-order valence-corrected chi connectivity index (χ0v) is 43.7. The Morgan fingerprint density at radius 1 is 0.318 bits per heavy atom. The summed E-state index contributed by atoms with van der Waals surface area (Å²) in [5, 5.41) is 0. The molecule has 382 valence electrons. The average Bonchev–Trinajstić information content (AvgIpc) is 3.31. The van der Waals surface area contributed by atoms with Crippen molar-refractivity contribution >= 4 is 17.9 Å². The van der Waals surface area contributed by atoms with Crippen molar-refractivity contribution in [3.05, 3.63) is 60.8 Å². The van der Waals surface area contributed by atoms with E-state index in [4.69, 9.17) is 14.2 Å². The third-order valence-electron chi connectivity index (χ3n) is 12.2. The van der Waals surface area contributed by atoms with Crippen molar-refractivity contribution in [2.45, 2.75) is 290 Å². The predicted octanol–water partition coefficient (Wildman–Crippen LogP) is 18.8. The van der Waals surface area contributed by atoms with Gasteiger partial charge in [-0.05, 0) is 77.0 Å². The normalized spacial score (nSPS) is 12.5. The quantitative estimate of drug-likeness (QED) is 0.0262. The maximum atomic E-state index is 12.8. The fourth-order valence-corrected chi connectivity index (χ4v) is 8.03. The van der Waals surface area contributed by atoms with E-state index in [9.17, 15) is 14.4 Å². The van der Waals surface area contributed by atoms with Gasteiger partial charge >= 0.3 is 17.9 Å². The first-order chi connectivity index (χ1) is 32.5. The SMILES string of the molecule is CC/C=C\C/C=C\C/C=C\C/C=C\CCCCCCCCCCCCC(=O)OCC(COC(=O)CCCCCCC/C=C\CCC)OC(=O)CCCCCCCCCCCCCCCCC. The highest BCUT2D eigenvalue weighted by Crippen LogP contribution is 2.16. The molecule has 0 saturated heterocycles. The molecule has 0 bridgehead atoms. The molecule has 1 unspecified atom stereocenters. The lowest BCUT2D eigenvalue weighted by Crippen LogP contribution is -2.30. The predicted molar refractivity (Wildman–Crippen MR) is 284 cm³/mol. The van der Waals surface area contributed by atoms with Crippen LogP contribution in [0.4, 0.5) is 0 Å². The van der Waals surface area contributed by atoms with Crippen molar-refractivity contribution in [2.75, 3.05) is 13.2 Å². The first-order valence-electron chi connectivity index (χ1n) is 28.3. The van der Waals surface area contributed by atoms with Crippen molar-refractivity contribution in [3.8, 4) is 0 Å². The van der Waals surface area contributed by atoms with Crippen LogP contribution in [-0.2, 0) is 28.6 Å². The number of unbranched alkanes of at least 4 members (excludes halogenated alkanes) is 30. The molecule has 66 heavy (non-hydrogen) atoms. The van der Waals surface area contributed by atoms with Crippen LogP contribution >= 0.6 is 0 Å². The second-order valence-corrected chi connectivity index (χ2v) is 18.8. The first-order valence-corrected chi connectivity index (χ1v) is 28.3. The Labute approximate surface area is 409 Å². The van der Waals surface area contributed by atoms with Gasteiger partial charge in [-0.2, -0.15) is 0 Å². The van der Waals surface area contributed by atoms with Crippen molar-refractivity contribution < 1.29 is 28.6 Å². The number of carbonyl (C=O) groups excluding carboxylic acids is 3. The molecule has 0 radical (unpaired) electrons. The number of esters is 3. The van der Waals surface area contributed by atoms with E-state index in [2.05, 4.69) is 81.5 Å². The standard InChI is InChI=1S/C60H106O6/c1-4-7-10-13-16-19-22-24-26-27-28-29-30-31-32-33-35-36-38-41-44-47-50-53-59(62)65-56-57(55-64-58(61)52-49-46-43-40-21-18-15-12-9-6-3)66-60(63)54-51-48-45-42-39-37-34-25-23-20-17-14-11-8-5-2/h7,10,12,15-16,19,24,26,28-29,57H,4-6,8-9,11,13-14,17-18,20-23,25,27,30-56H2,1-3H3/b10-7-,15-12-,19-16-,26-24-,29-28-. The van der Waals surface area contributed by atoms with Crippen LogP contribution in [0.2, 0.25) is 0 Å². The molecule has 0 fully saturated rings. The van der Waals surface area contributed by atoms with Gasteiger partial charge in [0, 0.05) is 19.3 Å². The van der Waals surface area contributed by atoms with Gasteiger partial charge in [0.2, 0.25) is 0 Å². The highest BCUT2D eigenvalue weighted by atomic mass is 16.6. The van der Waals surface area contributed by atoms with Gasteiger partial charge in [0.1, 0.15) is 13.2 Å². The minimum atomic E-state index is -0.776. The van der Waals surface area contributed by atoms with Crippen LogP contribution in [0.15, 0.2) is 60.8 Å². The Balaban J connectivity index is 4.26. The summed E-state index contributed by atoms with van der Waals surface area (Å²) in [6.45, 7) is 6.48. The van der Waals surface area contributed by atoms with Crippen LogP contribution in [0.25, 0.3) is 0 Å². The van der Waals surface area contributed by atoms with E-state index in [0.717, 1.165) is 96.3 Å². The molecular weight excluding hydrogens is 817 g/mol. The Kier molecular flexibility index (Phi) is 52.3. The Hall–Kier alpha value is -2.89. The molecule has 0 saturated carbocycles. The zero-order chi connectivity index (χ0) is 47.9. The van der Waals surface area contributed by atoms with Gasteiger partial charge in [-0.15, -0.1) is 0 Å². The molecular formula is C60H106O6. The number of hydrogen-bond acceptors (Lipinski definition) is 6. The molecule has 0 aromatic carbocycles. The maximum absolute atomic E-state index is 12.8. The van der Waals surface area contributed by atoms with Gasteiger partial charge in [0.25, 0.3) is 0 Å². The largest absolute Gasteiger partial charge is 0.462 e. The summed E-state index contributed by atoms with van der Waals surface area (Å²) in [7, 11) is 0. The Bertz CT molecular complexity index is 1200. The summed E-state index contributed by atoms with van der Waals surface area (Å²) in [6, 6.07) is 0. The number of rotatable bonds is 51. The summed E-state index contributed by atoms with van der Waals surface area (Å²) in [5.41, 5.74) is 0. The minimum absolute atomic E-state index is 0.0765. The van der Waals surface area contributed by atoms with Gasteiger partial charge in [0.05, 0.1) is 0 Å². The van der Waals surface area contributed by atoms with E-state index >= 15 is 0 Å². The average molecular weight is 924 g/mol. The lowest BCUT2D eigenvalue weighted by molar-refractivity contribution is -0.167. The highest BCUT2D eigenvalue weighted by Gasteiger charge is 2.19. The molecule has 0 spiro atoms. The van der Waals surface area contributed by atoms with Crippen LogP contribution in [0.5, 0.6) is 0 Å². The lowest BCUT2D eigenvalue weighted by atomic mass is 10.0. The van der Waals surface area contributed by atoms with Crippen molar-refractivity contribution in [3.63, 3.8) is 0 Å². The minimum Gasteiger partial charge on any atom is -0.462 e. The van der Waals surface area contributed by atoms with Crippen molar-refractivity contribution in [2.24, 2.45) is 0 Å². The third kappa shape index (κ3) is 52.1. The number of allylic oxidation sites excluding steroid dienone is 10. The van der Waals surface area contributed by atoms with Gasteiger partial charge in [-0.3, -0.25) is 14.4 Å². The van der Waals surface area contributed by atoms with E-state index in [1.54, 1.807) is 0 Å². The summed E-state index contributed by atoms with van der Waals surface area (Å²) in [6.07, 6.45) is 67.9. The first kappa shape index (κ1) is 63.1. The fourth-order valence-electron chi connectivity index (χ4n) is 8.03. The second-order valence-electron chi connectivity index (χ2n) is 18.8. The van der Waals surface area contributed by atoms with E-state index in [1.165, 1.54) is 148 Å². The Morgan fingerprint density at radius 2 is 0.621 bits per heavy atom. The van der Waals surface area contributed by atoms with Crippen LogP contribution in [0.3, 0.4) is 0 Å². The molecule has 6 nitrogen and oxygen atoms in total. The number of hydrogen-bond donors (Lipinski definition) is 0. The van der Waals surface area contributed by atoms with Crippen molar-refractivity contribution in [1.29, 1.82) is 0 Å². The van der Waals surface area contributed by atoms with Gasteiger partial charge in [0.15, 0.2) is 6.10 Å². The van der Waals surface area contributed by atoms with Gasteiger partial charge in [-0.1, -0.05) is 248 Å². The molecule has 1 atom stereocenters. The monoisotopic (exact) mass is 923 g/mol. The number of ether oxygens (including phenoxy) is 3. The Morgan fingerprint density at radius 3 is 1.00 bits per heavy atom. The maximum Gasteiger partial charge on any atom is 0.306 e. The molecule has 0 aromatic rings. The summed E-state index contributed by atoms with van der Waals surface area (Å²) in [4.78, 5) is 38.0. The van der Waals surface area contributed by atoms with E-state index in [-0.39, 0.29) is 31.1 Å². The third-order valence-corrected chi connectivity index (χ3v) is 12.2.